The Morgan fingerprint density at radius 1 is 1.75 bits per heavy atom. The lowest BCUT2D eigenvalue weighted by Gasteiger charge is -1.25. The Morgan fingerprint density at radius 2 is 1.75 bits per heavy atom. The lowest BCUT2D eigenvalue weighted by molar-refractivity contribution is 0.503. The molecule has 0 rings (SSSR count). The number of aliphatic hydroxyl groups excluding tert-OH is 1. The monoisotopic (exact) mass is 171 g/mol. The predicted octanol–water partition coefficient (Wildman–Crippen LogP) is 0.458. The zero-order valence-corrected chi connectivity index (χ0v) is 4.13. The maximum Gasteiger partial charge on any atom is 0.283 e. The van der Waals surface area contributed by atoms with Gasteiger partial charge in [0.25, 0.3) is 6.26 Å². The van der Waals surface area contributed by atoms with Crippen LogP contribution in [0.15, 0.2) is 0 Å². The Morgan fingerprint density at radius 3 is 1.75 bits per heavy atom. The van der Waals surface area contributed by atoms with Gasteiger partial charge in [-0.25, -0.2) is 0 Å². The largest absolute Gasteiger partial charge is 0.443 e. The van der Waals surface area contributed by atoms with Crippen LogP contribution in [0, 0.1) is 11.5 Å². The third kappa shape index (κ3) is 5250. The third-order valence-corrected chi connectivity index (χ3v) is 0. The van der Waals surface area contributed by atoms with E-state index in [-0.39, 0.29) is 24.0 Å². The van der Waals surface area contributed by atoms with Gasteiger partial charge in [0.15, 0.2) is 0 Å². The Bertz CT molecular complexity index is 29.5. The summed E-state index contributed by atoms with van der Waals surface area (Å²) in [6.45, 7) is 0. The van der Waals surface area contributed by atoms with Gasteiger partial charge in [-0.1, -0.05) is 0 Å². The van der Waals surface area contributed by atoms with E-state index >= 15 is 0 Å². The van der Waals surface area contributed by atoms with Crippen molar-refractivity contribution >= 4 is 24.0 Å². The molecule has 0 unspecified atom stereocenters. The molecule has 0 atom stereocenters. The molecule has 0 amide bonds. The Kier molecular flexibility index (Phi) is 26.6. The van der Waals surface area contributed by atoms with Gasteiger partial charge in [0.05, 0.1) is 0 Å². The van der Waals surface area contributed by atoms with E-state index in [0.717, 1.165) is 6.26 Å². The first-order chi connectivity index (χ1) is 1.41. The lowest BCUT2D eigenvalue weighted by atomic mass is 11.6. The van der Waals surface area contributed by atoms with E-state index in [0.29, 0.717) is 0 Å². The van der Waals surface area contributed by atoms with Gasteiger partial charge in [-0.05, 0) is 0 Å². The van der Waals surface area contributed by atoms with Gasteiger partial charge < -0.3 is 5.11 Å². The van der Waals surface area contributed by atoms with Crippen molar-refractivity contribution in [3.63, 3.8) is 0 Å². The summed E-state index contributed by atoms with van der Waals surface area (Å²) in [5, 5.41) is 13.8. The topological polar surface area (TPSA) is 44.0 Å². The first kappa shape index (κ1) is 8.99. The Hall–Kier alpha value is 0.0200. The Labute approximate surface area is 41.1 Å². The van der Waals surface area contributed by atoms with Gasteiger partial charge in [0, 0.05) is 0 Å². The summed E-state index contributed by atoms with van der Waals surface area (Å²) in [5.41, 5.74) is 0. The summed E-state index contributed by atoms with van der Waals surface area (Å²) < 4.78 is 0. The highest BCUT2D eigenvalue weighted by atomic mass is 127. The fourth-order valence-corrected chi connectivity index (χ4v) is 0. The summed E-state index contributed by atoms with van der Waals surface area (Å²) in [6, 6.07) is 0. The van der Waals surface area contributed by atoms with E-state index in [4.69, 9.17) is 10.4 Å². The summed E-state index contributed by atoms with van der Waals surface area (Å²) in [4.78, 5) is 0. The summed E-state index contributed by atoms with van der Waals surface area (Å²) >= 11 is 0. The van der Waals surface area contributed by atoms with Crippen LogP contribution in [0.4, 0.5) is 0 Å². The molecule has 0 heterocycles. The van der Waals surface area contributed by atoms with Crippen molar-refractivity contribution in [2.45, 2.75) is 0 Å². The van der Waals surface area contributed by atoms with Gasteiger partial charge in [0.2, 0.25) is 0 Å². The molecule has 24 valence electrons. The lowest BCUT2D eigenvalue weighted by Crippen LogP contribution is -1.27. The maximum atomic E-state index is 6.88. The number of hydrogen-bond donors (Lipinski definition) is 1. The summed E-state index contributed by atoms with van der Waals surface area (Å²) in [7, 11) is 0. The molecule has 0 spiro atoms. The van der Waals surface area contributed by atoms with Gasteiger partial charge in [0.1, 0.15) is 0 Å². The highest BCUT2D eigenvalue weighted by Gasteiger charge is 1.16. The second kappa shape index (κ2) is 11.8. The molecule has 0 aromatic carbocycles. The second-order valence-electron chi connectivity index (χ2n) is 0.100. The molecule has 1 N–H and O–H groups in total. The smallest absolute Gasteiger partial charge is 0.283 e. The highest BCUT2D eigenvalue weighted by Crippen LogP contribution is 1.06. The third-order valence-electron chi connectivity index (χ3n) is 0. The van der Waals surface area contributed by atoms with Crippen LogP contribution >= 0.6 is 24.0 Å². The molecule has 0 saturated heterocycles. The number of aliphatic hydroxyl groups is 1. The van der Waals surface area contributed by atoms with Gasteiger partial charge in [-0.15, -0.1) is 24.0 Å². The molecular formula is CH2INO. The van der Waals surface area contributed by atoms with E-state index in [1.54, 1.807) is 0 Å². The molecule has 0 saturated carbocycles. The quantitative estimate of drug-likeness (QED) is 0.424. The summed E-state index contributed by atoms with van der Waals surface area (Å²) in [5.74, 6) is 0. The van der Waals surface area contributed by atoms with Crippen LogP contribution in [0.1, 0.15) is 0 Å². The fraction of sp³-hybridized carbons (Fsp3) is 0. The van der Waals surface area contributed by atoms with Crippen molar-refractivity contribution < 1.29 is 5.11 Å². The molecule has 0 aromatic heterocycles. The van der Waals surface area contributed by atoms with Crippen LogP contribution in [0.5, 0.6) is 0 Å². The van der Waals surface area contributed by atoms with Crippen LogP contribution in [-0.4, -0.2) is 5.11 Å². The molecule has 0 aromatic rings. The minimum Gasteiger partial charge on any atom is -0.443 e. The molecule has 3 heteroatoms. The van der Waals surface area contributed by atoms with Crippen LogP contribution in [-0.2, 0) is 0 Å². The fourth-order valence-electron chi connectivity index (χ4n) is 0. The van der Waals surface area contributed by atoms with Crippen molar-refractivity contribution in [2.75, 3.05) is 0 Å². The van der Waals surface area contributed by atoms with E-state index in [1.807, 2.05) is 0 Å². The molecule has 2 nitrogen and oxygen atoms in total. The second-order valence-corrected chi connectivity index (χ2v) is 0.100. The van der Waals surface area contributed by atoms with E-state index in [2.05, 4.69) is 0 Å². The minimum atomic E-state index is 0. The van der Waals surface area contributed by atoms with Gasteiger partial charge >= 0.3 is 0 Å². The Balaban J connectivity index is 0. The zero-order valence-electron chi connectivity index (χ0n) is 1.80. The normalized spacial score (nSPS) is 1.75. The molecule has 0 aliphatic rings. The van der Waals surface area contributed by atoms with Crippen molar-refractivity contribution in [1.29, 1.82) is 5.26 Å². The number of hydrogen-bond acceptors (Lipinski definition) is 2. The van der Waals surface area contributed by atoms with E-state index < -0.39 is 0 Å². The first-order valence-corrected chi connectivity index (χ1v) is 0.447. The molecule has 0 bridgehead atoms. The zero-order chi connectivity index (χ0) is 2.71. The average molecular weight is 171 g/mol. The maximum absolute atomic E-state index is 6.88. The molecule has 4 heavy (non-hydrogen) atoms. The number of nitrogens with zero attached hydrogens (tertiary/aromatic N) is 1. The van der Waals surface area contributed by atoms with Crippen molar-refractivity contribution in [3.8, 4) is 6.26 Å². The van der Waals surface area contributed by atoms with Gasteiger partial charge in [-0.2, -0.15) is 5.26 Å². The van der Waals surface area contributed by atoms with E-state index in [9.17, 15) is 0 Å². The van der Waals surface area contributed by atoms with Crippen LogP contribution in [0.3, 0.4) is 0 Å². The molecule has 0 aliphatic carbocycles. The molecular weight excluding hydrogens is 169 g/mol. The SMILES string of the molecule is I.N#CO. The highest BCUT2D eigenvalue weighted by molar-refractivity contribution is 14.0. The summed E-state index contributed by atoms with van der Waals surface area (Å²) in [6.07, 6.45) is 0.750. The first-order valence-electron chi connectivity index (χ1n) is 0.447. The molecule has 0 aliphatic heterocycles. The van der Waals surface area contributed by atoms with E-state index in [1.165, 1.54) is 0 Å². The molecule has 0 fully saturated rings. The number of rotatable bonds is 0. The predicted molar refractivity (Wildman–Crippen MR) is 23.0 cm³/mol. The van der Waals surface area contributed by atoms with Crippen molar-refractivity contribution in [2.24, 2.45) is 0 Å². The number of halogens is 1. The van der Waals surface area contributed by atoms with Crippen LogP contribution < -0.4 is 0 Å². The van der Waals surface area contributed by atoms with Crippen molar-refractivity contribution in [3.05, 3.63) is 0 Å². The van der Waals surface area contributed by atoms with Crippen molar-refractivity contribution in [1.82, 2.24) is 0 Å². The molecule has 0 radical (unpaired) electrons. The average Bonchev–Trinajstić information content (AvgIpc) is 0.918. The standard InChI is InChI=1S/CHNO.HI/c2-1-3;/h3H;1H. The van der Waals surface area contributed by atoms with Crippen LogP contribution in [0.2, 0.25) is 0 Å². The van der Waals surface area contributed by atoms with Crippen LogP contribution in [0.25, 0.3) is 0 Å². The minimum absolute atomic E-state index is 0. The van der Waals surface area contributed by atoms with Gasteiger partial charge in [-0.3, -0.25) is 0 Å². The number of nitriles is 1.